The first kappa shape index (κ1) is 15.4. The number of anilines is 1. The molecule has 0 atom stereocenters. The fraction of sp³-hybridized carbons (Fsp3) is 0.200. The van der Waals surface area contributed by atoms with E-state index in [4.69, 9.17) is 4.74 Å². The number of aromatic amines is 1. The van der Waals surface area contributed by atoms with Crippen LogP contribution in [0.3, 0.4) is 0 Å². The minimum absolute atomic E-state index is 0.0369. The van der Waals surface area contributed by atoms with Gasteiger partial charge in [0.05, 0.1) is 38.6 Å². The van der Waals surface area contributed by atoms with Gasteiger partial charge < -0.3 is 24.5 Å². The predicted octanol–water partition coefficient (Wildman–Crippen LogP) is 1.82. The molecule has 2 aromatic rings. The molecule has 0 saturated carbocycles. The van der Waals surface area contributed by atoms with Crippen molar-refractivity contribution in [2.24, 2.45) is 0 Å². The van der Waals surface area contributed by atoms with Gasteiger partial charge in [-0.3, -0.25) is 0 Å². The van der Waals surface area contributed by atoms with E-state index in [1.54, 1.807) is 19.4 Å². The molecule has 2 rings (SSSR count). The number of carbonyl (C=O) groups is 2. The van der Waals surface area contributed by atoms with Gasteiger partial charge in [0.15, 0.2) is 0 Å². The zero-order valence-corrected chi connectivity index (χ0v) is 12.4. The summed E-state index contributed by atoms with van der Waals surface area (Å²) in [7, 11) is 4.00. The maximum absolute atomic E-state index is 11.8. The molecule has 0 spiro atoms. The Hall–Kier alpha value is -2.96. The number of aromatic nitrogens is 1. The summed E-state index contributed by atoms with van der Waals surface area (Å²) in [6.07, 6.45) is 2.79. The molecule has 0 unspecified atom stereocenters. The molecule has 0 aliphatic rings. The largest absolute Gasteiger partial charge is 0.497 e. The Morgan fingerprint density at radius 1 is 1.18 bits per heavy atom. The molecule has 0 saturated heterocycles. The molecule has 7 nitrogen and oxygen atoms in total. The van der Waals surface area contributed by atoms with E-state index in [1.807, 2.05) is 12.1 Å². The summed E-state index contributed by atoms with van der Waals surface area (Å²) in [5.41, 5.74) is 1.38. The van der Waals surface area contributed by atoms with E-state index < -0.39 is 11.9 Å². The zero-order valence-electron chi connectivity index (χ0n) is 12.4. The highest BCUT2D eigenvalue weighted by Gasteiger charge is 2.15. The van der Waals surface area contributed by atoms with Gasteiger partial charge in [0.1, 0.15) is 11.4 Å². The van der Waals surface area contributed by atoms with Gasteiger partial charge in [0, 0.05) is 23.7 Å². The van der Waals surface area contributed by atoms with E-state index in [9.17, 15) is 9.59 Å². The smallest absolute Gasteiger partial charge is 0.354 e. The third-order valence-corrected chi connectivity index (χ3v) is 3.02. The molecule has 2 N–H and O–H groups in total. The predicted molar refractivity (Wildman–Crippen MR) is 80.6 cm³/mol. The number of esters is 2. The third-order valence-electron chi connectivity index (χ3n) is 3.02. The zero-order chi connectivity index (χ0) is 16.1. The van der Waals surface area contributed by atoms with Gasteiger partial charge in [-0.2, -0.15) is 0 Å². The van der Waals surface area contributed by atoms with Gasteiger partial charge in [0.2, 0.25) is 0 Å². The highest BCUT2D eigenvalue weighted by molar-refractivity contribution is 6.02. The van der Waals surface area contributed by atoms with Crippen molar-refractivity contribution in [1.29, 1.82) is 0 Å². The molecule has 22 heavy (non-hydrogen) atoms. The van der Waals surface area contributed by atoms with Gasteiger partial charge in [-0.1, -0.05) is 0 Å². The first-order valence-corrected chi connectivity index (χ1v) is 6.39. The van der Waals surface area contributed by atoms with Crippen LogP contribution in [0.2, 0.25) is 0 Å². The summed E-state index contributed by atoms with van der Waals surface area (Å²) in [4.78, 5) is 26.2. The quantitative estimate of drug-likeness (QED) is 0.647. The van der Waals surface area contributed by atoms with Crippen LogP contribution in [0.1, 0.15) is 0 Å². The third kappa shape index (κ3) is 3.20. The SMILES string of the molecule is COC(=O)/C=C(/Nc1cc(OC)cc2[nH]ccc12)C(=O)OC. The first-order valence-electron chi connectivity index (χ1n) is 6.39. The summed E-state index contributed by atoms with van der Waals surface area (Å²) in [5.74, 6) is -0.752. The minimum atomic E-state index is -0.683. The van der Waals surface area contributed by atoms with Crippen LogP contribution in [0.25, 0.3) is 10.9 Å². The number of fused-ring (bicyclic) bond motifs is 1. The van der Waals surface area contributed by atoms with Gasteiger partial charge in [-0.05, 0) is 6.07 Å². The van der Waals surface area contributed by atoms with Crippen molar-refractivity contribution >= 4 is 28.5 Å². The maximum atomic E-state index is 11.8. The van der Waals surface area contributed by atoms with E-state index >= 15 is 0 Å². The monoisotopic (exact) mass is 304 g/mol. The lowest BCUT2D eigenvalue weighted by Crippen LogP contribution is -2.15. The Labute approximate surface area is 126 Å². The van der Waals surface area contributed by atoms with E-state index in [1.165, 1.54) is 14.2 Å². The Morgan fingerprint density at radius 2 is 1.95 bits per heavy atom. The molecule has 1 aromatic heterocycles. The van der Waals surface area contributed by atoms with Gasteiger partial charge in [-0.15, -0.1) is 0 Å². The van der Waals surface area contributed by atoms with Crippen molar-refractivity contribution in [2.75, 3.05) is 26.6 Å². The summed E-state index contributed by atoms with van der Waals surface area (Å²) in [5, 5.41) is 3.72. The molecule has 0 aliphatic carbocycles. The molecule has 0 aliphatic heterocycles. The molecular formula is C15H16N2O5. The maximum Gasteiger partial charge on any atom is 0.354 e. The van der Waals surface area contributed by atoms with Gasteiger partial charge in [0.25, 0.3) is 0 Å². The summed E-state index contributed by atoms with van der Waals surface area (Å²) in [6, 6.07) is 5.37. The molecule has 0 fully saturated rings. The Kier molecular flexibility index (Phi) is 4.67. The minimum Gasteiger partial charge on any atom is -0.497 e. The lowest BCUT2D eigenvalue weighted by atomic mass is 10.2. The highest BCUT2D eigenvalue weighted by Crippen LogP contribution is 2.29. The second kappa shape index (κ2) is 6.66. The van der Waals surface area contributed by atoms with Crippen molar-refractivity contribution in [1.82, 2.24) is 4.98 Å². The van der Waals surface area contributed by atoms with Crippen LogP contribution in [0.15, 0.2) is 36.2 Å². The Balaban J connectivity index is 2.45. The number of hydrogen-bond acceptors (Lipinski definition) is 6. The summed E-state index contributed by atoms with van der Waals surface area (Å²) >= 11 is 0. The molecular weight excluding hydrogens is 288 g/mol. The molecule has 7 heteroatoms. The number of benzene rings is 1. The van der Waals surface area contributed by atoms with Crippen molar-refractivity contribution in [3.8, 4) is 5.75 Å². The van der Waals surface area contributed by atoms with Gasteiger partial charge in [-0.25, -0.2) is 9.59 Å². The Bertz CT molecular complexity index is 733. The number of carbonyl (C=O) groups excluding carboxylic acids is 2. The molecule has 1 aromatic carbocycles. The number of rotatable bonds is 5. The van der Waals surface area contributed by atoms with Crippen LogP contribution in [0.5, 0.6) is 5.75 Å². The first-order chi connectivity index (χ1) is 10.6. The number of ether oxygens (including phenoxy) is 3. The number of hydrogen-bond donors (Lipinski definition) is 2. The van der Waals surface area contributed by atoms with Crippen LogP contribution >= 0.6 is 0 Å². The standard InChI is InChI=1S/C15H16N2O5/c1-20-9-6-11-10(4-5-16-11)12(7-9)17-13(15(19)22-3)8-14(18)21-2/h4-8,16-17H,1-3H3/b13-8+. The lowest BCUT2D eigenvalue weighted by molar-refractivity contribution is -0.138. The second-order valence-corrected chi connectivity index (χ2v) is 4.31. The van der Waals surface area contributed by atoms with E-state index in [-0.39, 0.29) is 5.70 Å². The molecule has 1 heterocycles. The van der Waals surface area contributed by atoms with Crippen LogP contribution in [0, 0.1) is 0 Å². The lowest BCUT2D eigenvalue weighted by Gasteiger charge is -2.11. The van der Waals surface area contributed by atoms with E-state index in [2.05, 4.69) is 19.8 Å². The van der Waals surface area contributed by atoms with Gasteiger partial charge >= 0.3 is 11.9 Å². The average Bonchev–Trinajstić information content (AvgIpc) is 3.01. The van der Waals surface area contributed by atoms with Crippen LogP contribution < -0.4 is 10.1 Å². The highest BCUT2D eigenvalue weighted by atomic mass is 16.5. The van der Waals surface area contributed by atoms with Crippen LogP contribution in [0.4, 0.5) is 5.69 Å². The molecule has 0 bridgehead atoms. The van der Waals surface area contributed by atoms with Crippen molar-refractivity contribution in [2.45, 2.75) is 0 Å². The molecule has 116 valence electrons. The van der Waals surface area contributed by atoms with E-state index in [0.717, 1.165) is 17.0 Å². The molecule has 0 radical (unpaired) electrons. The van der Waals surface area contributed by atoms with Crippen molar-refractivity contribution in [3.63, 3.8) is 0 Å². The number of H-pyrrole nitrogens is 1. The fourth-order valence-electron chi connectivity index (χ4n) is 1.94. The fourth-order valence-corrected chi connectivity index (χ4v) is 1.94. The summed E-state index contributed by atoms with van der Waals surface area (Å²) < 4.78 is 14.4. The average molecular weight is 304 g/mol. The normalized spacial score (nSPS) is 11.1. The molecule has 0 amide bonds. The number of methoxy groups -OCH3 is 3. The number of nitrogens with one attached hydrogen (secondary N) is 2. The second-order valence-electron chi connectivity index (χ2n) is 4.31. The van der Waals surface area contributed by atoms with Crippen LogP contribution in [-0.2, 0) is 19.1 Å². The van der Waals surface area contributed by atoms with Crippen LogP contribution in [-0.4, -0.2) is 38.3 Å². The van der Waals surface area contributed by atoms with E-state index in [0.29, 0.717) is 11.4 Å². The topological polar surface area (TPSA) is 89.7 Å². The van der Waals surface area contributed by atoms with Crippen molar-refractivity contribution < 1.29 is 23.8 Å². The van der Waals surface area contributed by atoms with Crippen molar-refractivity contribution in [3.05, 3.63) is 36.2 Å². The summed E-state index contributed by atoms with van der Waals surface area (Å²) in [6.45, 7) is 0. The Morgan fingerprint density at radius 3 is 2.59 bits per heavy atom.